The average molecular weight is 386 g/mol. The molecule has 2 aromatic heterocycles. The van der Waals surface area contributed by atoms with Crippen molar-refractivity contribution < 1.29 is 23.5 Å². The maximum absolute atomic E-state index is 11.6. The summed E-state index contributed by atoms with van der Waals surface area (Å²) in [5.41, 5.74) is 1.68. The van der Waals surface area contributed by atoms with Crippen LogP contribution in [0.4, 0.5) is 5.69 Å². The highest BCUT2D eigenvalue weighted by Gasteiger charge is 2.21. The molecule has 2 heterocycles. The van der Waals surface area contributed by atoms with Gasteiger partial charge in [-0.2, -0.15) is 0 Å². The van der Waals surface area contributed by atoms with E-state index in [4.69, 9.17) is 13.9 Å². The molecular weight excluding hydrogens is 360 g/mol. The summed E-state index contributed by atoms with van der Waals surface area (Å²) in [4.78, 5) is 25.9. The van der Waals surface area contributed by atoms with Crippen LogP contribution in [0.5, 0.6) is 5.75 Å². The standard InChI is InChI=1S/C11H12N2O3.C8H8O2.C2H6/c1-3-15-11(14)9-8(12-2)7-5-4-6-13-10(7)16-9;1-10-8-4-2-3-7(5-8)6-9;1-2/h4-6,12H,3H2,1-2H3;2-6H,1H3;1-2H3. The molecule has 0 aliphatic carbocycles. The molecule has 0 saturated carbocycles. The summed E-state index contributed by atoms with van der Waals surface area (Å²) in [7, 11) is 3.30. The predicted molar refractivity (Wildman–Crippen MR) is 109 cm³/mol. The van der Waals surface area contributed by atoms with Crippen LogP contribution in [0.25, 0.3) is 11.1 Å². The number of nitrogens with zero attached hydrogens (tertiary/aromatic N) is 1. The number of furan rings is 1. The molecule has 0 aliphatic heterocycles. The molecule has 0 fully saturated rings. The molecule has 150 valence electrons. The Morgan fingerprint density at radius 1 is 1.25 bits per heavy atom. The number of nitrogens with one attached hydrogen (secondary N) is 1. The SMILES string of the molecule is CC.CCOC(=O)c1oc2ncccc2c1NC.COc1cccc(C=O)c1. The monoisotopic (exact) mass is 386 g/mol. The Bertz CT molecular complexity index is 889. The third kappa shape index (κ3) is 5.84. The molecule has 0 aliphatic rings. The molecule has 0 saturated heterocycles. The fourth-order valence-corrected chi connectivity index (χ4v) is 2.24. The van der Waals surface area contributed by atoms with Gasteiger partial charge in [0, 0.05) is 18.8 Å². The van der Waals surface area contributed by atoms with Gasteiger partial charge in [0.05, 0.1) is 24.8 Å². The molecule has 0 bridgehead atoms. The molecule has 0 spiro atoms. The molecule has 3 rings (SSSR count). The number of ether oxygens (including phenoxy) is 2. The van der Waals surface area contributed by atoms with Crippen molar-refractivity contribution in [1.82, 2.24) is 4.98 Å². The van der Waals surface area contributed by atoms with Crippen molar-refractivity contribution in [3.63, 3.8) is 0 Å². The molecule has 1 N–H and O–H groups in total. The predicted octanol–water partition coefficient (Wildman–Crippen LogP) is 4.58. The number of carbonyl (C=O) groups is 2. The Labute approximate surface area is 164 Å². The van der Waals surface area contributed by atoms with Crippen LogP contribution in [0, 0.1) is 0 Å². The molecule has 3 aromatic rings. The first kappa shape index (κ1) is 22.7. The van der Waals surface area contributed by atoms with Crippen molar-refractivity contribution in [2.24, 2.45) is 0 Å². The smallest absolute Gasteiger partial charge is 0.376 e. The molecule has 7 heteroatoms. The van der Waals surface area contributed by atoms with Gasteiger partial charge in [0.1, 0.15) is 12.0 Å². The van der Waals surface area contributed by atoms with E-state index >= 15 is 0 Å². The van der Waals surface area contributed by atoms with Gasteiger partial charge in [0.2, 0.25) is 11.5 Å². The van der Waals surface area contributed by atoms with E-state index in [1.54, 1.807) is 57.6 Å². The fraction of sp³-hybridized carbons (Fsp3) is 0.286. The third-order valence-electron chi connectivity index (χ3n) is 3.41. The first-order valence-corrected chi connectivity index (χ1v) is 8.96. The Kier molecular flexibility index (Phi) is 9.82. The van der Waals surface area contributed by atoms with Crippen molar-refractivity contribution in [2.45, 2.75) is 20.8 Å². The van der Waals surface area contributed by atoms with Crippen LogP contribution < -0.4 is 10.1 Å². The van der Waals surface area contributed by atoms with Gasteiger partial charge in [0.15, 0.2) is 0 Å². The number of carbonyl (C=O) groups excluding carboxylic acids is 2. The molecule has 1 aromatic carbocycles. The number of aldehydes is 1. The third-order valence-corrected chi connectivity index (χ3v) is 3.41. The summed E-state index contributed by atoms with van der Waals surface area (Å²) in [6.45, 7) is 6.06. The summed E-state index contributed by atoms with van der Waals surface area (Å²) >= 11 is 0. The maximum atomic E-state index is 11.6. The number of anilines is 1. The van der Waals surface area contributed by atoms with Gasteiger partial charge in [-0.3, -0.25) is 4.79 Å². The highest BCUT2D eigenvalue weighted by Crippen LogP contribution is 2.29. The van der Waals surface area contributed by atoms with Gasteiger partial charge >= 0.3 is 5.97 Å². The number of esters is 1. The van der Waals surface area contributed by atoms with Crippen LogP contribution >= 0.6 is 0 Å². The molecule has 0 atom stereocenters. The number of aromatic nitrogens is 1. The lowest BCUT2D eigenvalue weighted by Gasteiger charge is -2.00. The zero-order chi connectivity index (χ0) is 20.9. The summed E-state index contributed by atoms with van der Waals surface area (Å²) in [6.07, 6.45) is 2.41. The second-order valence-electron chi connectivity index (χ2n) is 5.03. The zero-order valence-corrected chi connectivity index (χ0v) is 16.8. The van der Waals surface area contributed by atoms with E-state index < -0.39 is 5.97 Å². The summed E-state index contributed by atoms with van der Waals surface area (Å²) < 4.78 is 15.2. The Balaban J connectivity index is 0.000000281. The molecule has 7 nitrogen and oxygen atoms in total. The second kappa shape index (κ2) is 12.1. The lowest BCUT2D eigenvalue weighted by atomic mass is 10.2. The van der Waals surface area contributed by atoms with E-state index in [9.17, 15) is 9.59 Å². The lowest BCUT2D eigenvalue weighted by molar-refractivity contribution is 0.0493. The fourth-order valence-electron chi connectivity index (χ4n) is 2.24. The van der Waals surface area contributed by atoms with E-state index in [-0.39, 0.29) is 5.76 Å². The Morgan fingerprint density at radius 3 is 2.61 bits per heavy atom. The minimum absolute atomic E-state index is 0.165. The van der Waals surface area contributed by atoms with Crippen LogP contribution in [-0.2, 0) is 4.74 Å². The van der Waals surface area contributed by atoms with Crippen LogP contribution in [0.15, 0.2) is 47.0 Å². The second-order valence-corrected chi connectivity index (χ2v) is 5.03. The highest BCUT2D eigenvalue weighted by atomic mass is 16.5. The van der Waals surface area contributed by atoms with Gasteiger partial charge < -0.3 is 19.2 Å². The quantitative estimate of drug-likeness (QED) is 0.507. The van der Waals surface area contributed by atoms with E-state index in [1.165, 1.54) is 0 Å². The Morgan fingerprint density at radius 2 is 2.00 bits per heavy atom. The van der Waals surface area contributed by atoms with Gasteiger partial charge in [-0.1, -0.05) is 26.0 Å². The lowest BCUT2D eigenvalue weighted by Crippen LogP contribution is -2.05. The van der Waals surface area contributed by atoms with E-state index in [0.29, 0.717) is 29.3 Å². The minimum Gasteiger partial charge on any atom is -0.497 e. The first-order valence-electron chi connectivity index (χ1n) is 8.96. The van der Waals surface area contributed by atoms with Crippen LogP contribution in [0.1, 0.15) is 41.7 Å². The molecule has 28 heavy (non-hydrogen) atoms. The zero-order valence-electron chi connectivity index (χ0n) is 16.8. The summed E-state index contributed by atoms with van der Waals surface area (Å²) in [5, 5.41) is 3.69. The van der Waals surface area contributed by atoms with E-state index in [0.717, 1.165) is 11.7 Å². The van der Waals surface area contributed by atoms with Crippen molar-refractivity contribution >= 4 is 29.0 Å². The number of methoxy groups -OCH3 is 1. The van der Waals surface area contributed by atoms with Crippen LogP contribution in [0.2, 0.25) is 0 Å². The topological polar surface area (TPSA) is 90.7 Å². The van der Waals surface area contributed by atoms with Crippen LogP contribution in [0.3, 0.4) is 0 Å². The highest BCUT2D eigenvalue weighted by molar-refractivity contribution is 6.03. The van der Waals surface area contributed by atoms with Crippen molar-refractivity contribution in [1.29, 1.82) is 0 Å². The van der Waals surface area contributed by atoms with Crippen molar-refractivity contribution in [3.05, 3.63) is 53.9 Å². The van der Waals surface area contributed by atoms with Crippen LogP contribution in [-0.4, -0.2) is 38.0 Å². The summed E-state index contributed by atoms with van der Waals surface area (Å²) in [6, 6.07) is 10.6. The van der Waals surface area contributed by atoms with Gasteiger partial charge in [0.25, 0.3) is 0 Å². The van der Waals surface area contributed by atoms with E-state index in [1.807, 2.05) is 19.9 Å². The number of benzene rings is 1. The van der Waals surface area contributed by atoms with E-state index in [2.05, 4.69) is 10.3 Å². The first-order chi connectivity index (χ1) is 13.6. The summed E-state index contributed by atoms with van der Waals surface area (Å²) in [5.74, 6) is 0.396. The van der Waals surface area contributed by atoms with Gasteiger partial charge in [-0.25, -0.2) is 9.78 Å². The van der Waals surface area contributed by atoms with Crippen molar-refractivity contribution in [3.8, 4) is 5.75 Å². The number of hydrogen-bond donors (Lipinski definition) is 1. The largest absolute Gasteiger partial charge is 0.497 e. The van der Waals surface area contributed by atoms with Gasteiger partial charge in [-0.15, -0.1) is 0 Å². The van der Waals surface area contributed by atoms with Crippen molar-refractivity contribution in [2.75, 3.05) is 26.1 Å². The normalized spacial score (nSPS) is 9.32. The molecule has 0 amide bonds. The molecule has 0 unspecified atom stereocenters. The number of hydrogen-bond acceptors (Lipinski definition) is 7. The Hall–Kier alpha value is -3.35. The maximum Gasteiger partial charge on any atom is 0.376 e. The average Bonchev–Trinajstić information content (AvgIpc) is 3.14. The minimum atomic E-state index is -0.482. The number of fused-ring (bicyclic) bond motifs is 1. The number of pyridine rings is 1. The number of rotatable bonds is 5. The molecule has 0 radical (unpaired) electrons. The molecular formula is C21H26N2O5. The van der Waals surface area contributed by atoms with Gasteiger partial charge in [-0.05, 0) is 31.2 Å².